The van der Waals surface area contributed by atoms with Gasteiger partial charge in [-0.2, -0.15) is 13.2 Å². The lowest BCUT2D eigenvalue weighted by Crippen LogP contribution is -2.39. The zero-order valence-electron chi connectivity index (χ0n) is 57.1. The van der Waals surface area contributed by atoms with Crippen LogP contribution >= 0.6 is 0 Å². The summed E-state index contributed by atoms with van der Waals surface area (Å²) in [6, 6.07) is 28.3. The first-order chi connectivity index (χ1) is 53.4. The van der Waals surface area contributed by atoms with Gasteiger partial charge in [0.05, 0.1) is 58.6 Å². The molecule has 0 saturated carbocycles. The standard InChI is InChI=1S/C25H20F3NO10.C24H20FNO12.C24H20FNO10/c26-25(27,28)15-2-1-3-16(10-15)39-24(36)29-11-17(38-23(35)14-5-7-19(31)21(33)9-14)12-37-22(34)13-4-6-18(30)20(32)8-13;25-13-1-3-14(4-2-13)38-24(35)26-9-15(37-23(34)12-7-18(29)21(32)19(30)8-12)10-36-22(33)11-5-16(27)20(31)17(28)6-11;25-15-3-5-16(6-4-15)36-24(33)26-11-17(35-23(32)14-2-8-19(28)21(30)10-14)12-34-22(31)13-1-7-18(27)20(29)9-13/h1-10,17,30-33H,11-12H2,(H,29,36);1-8,15,27-32H,9-10H2,(H,26,35);1-10,17,27-30H,11-12H2,(H,26,33). The molecule has 0 saturated heterocycles. The fourth-order valence-electron chi connectivity index (χ4n) is 8.63. The zero-order valence-corrected chi connectivity index (χ0v) is 57.1. The summed E-state index contributed by atoms with van der Waals surface area (Å²) >= 11 is 0. The Morgan fingerprint density at radius 3 is 0.867 bits per heavy atom. The van der Waals surface area contributed by atoms with Crippen molar-refractivity contribution in [3.8, 4) is 97.7 Å². The summed E-state index contributed by atoms with van der Waals surface area (Å²) in [6.07, 6.45) is -11.9. The monoisotopic (exact) mass is 1590 g/mol. The van der Waals surface area contributed by atoms with E-state index in [1.807, 2.05) is 0 Å². The number of carbonyl (C=O) groups is 9. The fraction of sp³-hybridized carbons (Fsp3) is 0.137. The second-order valence-corrected chi connectivity index (χ2v) is 22.7. The van der Waals surface area contributed by atoms with E-state index < -0.39 is 220 Å². The average Bonchev–Trinajstić information content (AvgIpc) is 0.849. The minimum atomic E-state index is -4.67. The predicted molar refractivity (Wildman–Crippen MR) is 367 cm³/mol. The molecule has 9 aromatic carbocycles. The molecule has 0 aliphatic heterocycles. The second-order valence-electron chi connectivity index (χ2n) is 22.7. The number of phenols is 14. The molecule has 594 valence electrons. The highest BCUT2D eigenvalue weighted by molar-refractivity contribution is 5.94. The van der Waals surface area contributed by atoms with Crippen LogP contribution in [0, 0.1) is 11.6 Å². The summed E-state index contributed by atoms with van der Waals surface area (Å²) < 4.78 is 110. The minimum Gasteiger partial charge on any atom is -0.504 e. The molecule has 0 aliphatic rings. The lowest BCUT2D eigenvalue weighted by atomic mass is 10.2. The summed E-state index contributed by atoms with van der Waals surface area (Å²) in [4.78, 5) is 111. The molecule has 17 N–H and O–H groups in total. The number of aromatic hydroxyl groups is 14. The van der Waals surface area contributed by atoms with E-state index in [0.29, 0.717) is 6.07 Å². The van der Waals surface area contributed by atoms with Gasteiger partial charge in [0.2, 0.25) is 0 Å². The molecular formula is C73H60F5N3O32. The molecule has 0 aromatic heterocycles. The van der Waals surface area contributed by atoms with Crippen LogP contribution in [0.5, 0.6) is 97.7 Å². The molecule has 3 unspecified atom stereocenters. The van der Waals surface area contributed by atoms with E-state index in [1.165, 1.54) is 36.4 Å². The first-order valence-electron chi connectivity index (χ1n) is 31.7. The molecule has 0 bridgehead atoms. The van der Waals surface area contributed by atoms with E-state index in [2.05, 4.69) is 16.0 Å². The third kappa shape index (κ3) is 25.9. The van der Waals surface area contributed by atoms with Gasteiger partial charge in [-0.1, -0.05) is 6.07 Å². The fourth-order valence-corrected chi connectivity index (χ4v) is 8.63. The Morgan fingerprint density at radius 2 is 0.566 bits per heavy atom. The van der Waals surface area contributed by atoms with Crippen LogP contribution in [0.25, 0.3) is 0 Å². The summed E-state index contributed by atoms with van der Waals surface area (Å²) in [5.41, 5.74) is -2.46. The lowest BCUT2D eigenvalue weighted by molar-refractivity contribution is -0.137. The number of alkyl halides is 3. The zero-order chi connectivity index (χ0) is 83.0. The number of benzene rings is 9. The number of ether oxygens (including phenoxy) is 9. The van der Waals surface area contributed by atoms with Crippen LogP contribution in [0.15, 0.2) is 170 Å². The number of esters is 6. The summed E-state index contributed by atoms with van der Waals surface area (Å²) in [7, 11) is 0. The van der Waals surface area contributed by atoms with Crippen molar-refractivity contribution < 1.29 is 179 Å². The molecule has 0 spiro atoms. The highest BCUT2D eigenvalue weighted by atomic mass is 19.4. The smallest absolute Gasteiger partial charge is 0.416 e. The van der Waals surface area contributed by atoms with Crippen LogP contribution < -0.4 is 30.2 Å². The molecule has 9 aromatic rings. The van der Waals surface area contributed by atoms with Crippen LogP contribution in [0.2, 0.25) is 0 Å². The SMILES string of the molecule is O=C(NCC(COC(=O)c1cc(O)c(O)c(O)c1)OC(=O)c1cc(O)c(O)c(O)c1)Oc1ccc(F)cc1.O=C(NCC(COC(=O)c1ccc(O)c(O)c1)OC(=O)c1ccc(O)c(O)c1)Oc1ccc(F)cc1.O=C(NCC(COC(=O)c1ccc(O)c(O)c1)OC(=O)c1ccc(O)c(O)c1)Oc1cccc(C(F)(F)F)c1. The number of nitrogens with one attached hydrogen (secondary N) is 3. The number of halogens is 5. The Morgan fingerprint density at radius 1 is 0.301 bits per heavy atom. The van der Waals surface area contributed by atoms with Gasteiger partial charge in [0, 0.05) is 0 Å². The lowest BCUT2D eigenvalue weighted by Gasteiger charge is -2.19. The molecule has 3 atom stereocenters. The van der Waals surface area contributed by atoms with Gasteiger partial charge in [-0.05, 0) is 164 Å². The van der Waals surface area contributed by atoms with Gasteiger partial charge in [0.1, 0.15) is 48.7 Å². The Kier molecular flexibility index (Phi) is 29.1. The van der Waals surface area contributed by atoms with E-state index in [-0.39, 0.29) is 45.9 Å². The number of amides is 3. The maximum Gasteiger partial charge on any atom is 0.416 e. The van der Waals surface area contributed by atoms with Gasteiger partial charge in [0.15, 0.2) is 98.8 Å². The van der Waals surface area contributed by atoms with Crippen LogP contribution in [0.4, 0.5) is 36.3 Å². The molecule has 113 heavy (non-hydrogen) atoms. The van der Waals surface area contributed by atoms with E-state index in [4.69, 9.17) is 42.6 Å². The molecule has 3 amide bonds. The van der Waals surface area contributed by atoms with Crippen molar-refractivity contribution in [2.75, 3.05) is 39.5 Å². The van der Waals surface area contributed by atoms with Crippen molar-refractivity contribution >= 4 is 54.1 Å². The summed E-state index contributed by atoms with van der Waals surface area (Å²) in [5, 5.41) is 140. The maximum atomic E-state index is 13.0. The van der Waals surface area contributed by atoms with Crippen LogP contribution in [0.3, 0.4) is 0 Å². The van der Waals surface area contributed by atoms with Crippen molar-refractivity contribution in [2.24, 2.45) is 0 Å². The molecule has 0 fully saturated rings. The highest BCUT2D eigenvalue weighted by Gasteiger charge is 2.32. The Labute approximate surface area is 629 Å². The predicted octanol–water partition coefficient (Wildman–Crippen LogP) is 8.75. The molecule has 0 aliphatic carbocycles. The Balaban J connectivity index is 0.000000235. The third-order valence-electron chi connectivity index (χ3n) is 14.3. The normalized spacial score (nSPS) is 11.4. The van der Waals surface area contributed by atoms with E-state index in [1.54, 1.807) is 0 Å². The summed E-state index contributed by atoms with van der Waals surface area (Å²) in [6.45, 7) is -3.32. The van der Waals surface area contributed by atoms with E-state index in [0.717, 1.165) is 127 Å². The van der Waals surface area contributed by atoms with Crippen LogP contribution in [-0.4, -0.2) is 183 Å². The minimum absolute atomic E-state index is 0.00846. The molecule has 0 heterocycles. The molecule has 40 heteroatoms. The largest absolute Gasteiger partial charge is 0.504 e. The van der Waals surface area contributed by atoms with Crippen molar-refractivity contribution in [2.45, 2.75) is 24.5 Å². The van der Waals surface area contributed by atoms with Crippen molar-refractivity contribution in [3.63, 3.8) is 0 Å². The van der Waals surface area contributed by atoms with Gasteiger partial charge in [0.25, 0.3) is 0 Å². The Hall–Kier alpha value is -15.5. The number of hydrogen-bond acceptors (Lipinski definition) is 32. The Bertz CT molecular complexity index is 4920. The van der Waals surface area contributed by atoms with Crippen LogP contribution in [0.1, 0.15) is 67.7 Å². The topological polar surface area (TPSA) is 556 Å². The van der Waals surface area contributed by atoms with Gasteiger partial charge >= 0.3 is 60.3 Å². The van der Waals surface area contributed by atoms with Gasteiger partial charge < -0.3 is 130 Å². The van der Waals surface area contributed by atoms with Crippen molar-refractivity contribution in [3.05, 3.63) is 220 Å². The van der Waals surface area contributed by atoms with E-state index in [9.17, 15) is 137 Å². The molecular weight excluding hydrogens is 1530 g/mol. The van der Waals surface area contributed by atoms with Crippen molar-refractivity contribution in [1.82, 2.24) is 16.0 Å². The first-order valence-corrected chi connectivity index (χ1v) is 31.7. The van der Waals surface area contributed by atoms with Gasteiger partial charge in [-0.3, -0.25) is 0 Å². The third-order valence-corrected chi connectivity index (χ3v) is 14.3. The molecule has 35 nitrogen and oxygen atoms in total. The number of phenolic OH excluding ortho intramolecular Hbond substituents is 14. The first kappa shape index (κ1) is 84.7. The average molecular weight is 1590 g/mol. The molecule has 9 rings (SSSR count). The van der Waals surface area contributed by atoms with E-state index >= 15 is 0 Å². The maximum absolute atomic E-state index is 13.0. The summed E-state index contributed by atoms with van der Waals surface area (Å²) in [5.74, 6) is -17.0. The number of carbonyl (C=O) groups excluding carboxylic acids is 9. The second kappa shape index (κ2) is 38.8. The highest BCUT2D eigenvalue weighted by Crippen LogP contribution is 2.38. The van der Waals surface area contributed by atoms with Gasteiger partial charge in [-0.15, -0.1) is 0 Å². The number of rotatable bonds is 24. The molecule has 0 radical (unpaired) electrons. The quantitative estimate of drug-likeness (QED) is 0.0116. The van der Waals surface area contributed by atoms with Gasteiger partial charge in [-0.25, -0.2) is 51.9 Å². The number of hydrogen-bond donors (Lipinski definition) is 17. The van der Waals surface area contributed by atoms with Crippen molar-refractivity contribution in [1.29, 1.82) is 0 Å². The van der Waals surface area contributed by atoms with Crippen LogP contribution in [-0.2, 0) is 34.6 Å².